The van der Waals surface area contributed by atoms with Crippen molar-refractivity contribution in [2.75, 3.05) is 46.4 Å². The van der Waals surface area contributed by atoms with Gasteiger partial charge in [0.25, 0.3) is 5.91 Å². The van der Waals surface area contributed by atoms with Gasteiger partial charge in [0.05, 0.1) is 6.54 Å². The summed E-state index contributed by atoms with van der Waals surface area (Å²) in [5, 5.41) is 2.74. The van der Waals surface area contributed by atoms with Crippen LogP contribution in [0.25, 0.3) is 0 Å². The molecule has 1 aromatic heterocycles. The molecule has 2 amide bonds. The lowest BCUT2D eigenvalue weighted by atomic mass is 10.2. The first-order chi connectivity index (χ1) is 12.6. The van der Waals surface area contributed by atoms with Crippen molar-refractivity contribution in [2.45, 2.75) is 32.2 Å². The van der Waals surface area contributed by atoms with E-state index in [-0.39, 0.29) is 24.1 Å². The summed E-state index contributed by atoms with van der Waals surface area (Å²) < 4.78 is 15.3. The van der Waals surface area contributed by atoms with Crippen LogP contribution in [0.3, 0.4) is 0 Å². The minimum Gasteiger partial charge on any atom is -0.446 e. The Kier molecular flexibility index (Phi) is 11.7. The van der Waals surface area contributed by atoms with Gasteiger partial charge in [0.1, 0.15) is 6.26 Å². The van der Waals surface area contributed by atoms with E-state index in [1.54, 1.807) is 19.1 Å². The molecule has 9 heteroatoms. The van der Waals surface area contributed by atoms with E-state index >= 15 is 0 Å². The Morgan fingerprint density at radius 3 is 2.65 bits per heavy atom. The van der Waals surface area contributed by atoms with Crippen molar-refractivity contribution in [2.24, 2.45) is 0 Å². The van der Waals surface area contributed by atoms with E-state index in [0.717, 1.165) is 6.42 Å². The molecule has 0 aliphatic carbocycles. The number of oxazole rings is 1. The molecule has 0 bridgehead atoms. The summed E-state index contributed by atoms with van der Waals surface area (Å²) in [6, 6.07) is 0. The number of hydrogen-bond acceptors (Lipinski definition) is 6. The number of halogens is 1. The molecule has 0 unspecified atom stereocenters. The maximum Gasteiger partial charge on any atom is 0.273 e. The Morgan fingerprint density at radius 2 is 1.96 bits per heavy atom. The predicted octanol–water partition coefficient (Wildman–Crippen LogP) is 1.82. The van der Waals surface area contributed by atoms with E-state index in [1.165, 1.54) is 6.26 Å². The lowest BCUT2D eigenvalue weighted by Gasteiger charge is -2.21. The fourth-order valence-corrected chi connectivity index (χ4v) is 2.36. The Bertz CT molecular complexity index is 538. The molecule has 0 atom stereocenters. The third kappa shape index (κ3) is 8.64. The molecule has 8 nitrogen and oxygen atoms in total. The first-order valence-corrected chi connectivity index (χ1v) is 9.20. The molecule has 1 rings (SSSR count). The van der Waals surface area contributed by atoms with Gasteiger partial charge in [-0.05, 0) is 19.3 Å². The number of rotatable bonds is 14. The molecule has 0 saturated carbocycles. The van der Waals surface area contributed by atoms with Crippen molar-refractivity contribution in [1.29, 1.82) is 0 Å². The highest BCUT2D eigenvalue weighted by atomic mass is 35.5. The molecule has 26 heavy (non-hydrogen) atoms. The van der Waals surface area contributed by atoms with Gasteiger partial charge in [0.2, 0.25) is 11.8 Å². The highest BCUT2D eigenvalue weighted by Crippen LogP contribution is 2.09. The number of carbonyl (C=O) groups is 2. The van der Waals surface area contributed by atoms with E-state index in [4.69, 9.17) is 25.5 Å². The van der Waals surface area contributed by atoms with Crippen LogP contribution in [-0.4, -0.2) is 68.1 Å². The van der Waals surface area contributed by atoms with Crippen molar-refractivity contribution >= 4 is 23.4 Å². The molecular weight excluding hydrogens is 362 g/mol. The van der Waals surface area contributed by atoms with E-state index in [9.17, 15) is 9.59 Å². The highest BCUT2D eigenvalue weighted by molar-refractivity contribution is 6.17. The maximum absolute atomic E-state index is 12.3. The van der Waals surface area contributed by atoms with Crippen LogP contribution in [0.15, 0.2) is 10.7 Å². The van der Waals surface area contributed by atoms with Gasteiger partial charge in [-0.15, -0.1) is 11.6 Å². The van der Waals surface area contributed by atoms with Gasteiger partial charge >= 0.3 is 0 Å². The molecule has 0 fully saturated rings. The molecule has 0 saturated heterocycles. The minimum atomic E-state index is -0.310. The normalized spacial score (nSPS) is 10.7. The molecule has 1 aromatic rings. The van der Waals surface area contributed by atoms with Gasteiger partial charge in [0.15, 0.2) is 5.69 Å². The number of aromatic nitrogens is 1. The first kappa shape index (κ1) is 22.4. The van der Waals surface area contributed by atoms with Gasteiger partial charge in [-0.1, -0.05) is 0 Å². The van der Waals surface area contributed by atoms with Crippen LogP contribution in [0.4, 0.5) is 0 Å². The molecule has 0 radical (unpaired) electrons. The Hall–Kier alpha value is -1.64. The molecular formula is C17H28ClN3O5. The third-order valence-electron chi connectivity index (χ3n) is 3.57. The van der Waals surface area contributed by atoms with E-state index < -0.39 is 0 Å². The molecule has 0 aliphatic heterocycles. The highest BCUT2D eigenvalue weighted by Gasteiger charge is 2.18. The average molecular weight is 390 g/mol. The topological polar surface area (TPSA) is 93.9 Å². The molecule has 0 aromatic carbocycles. The number of carbonyl (C=O) groups excluding carboxylic acids is 2. The number of amides is 2. The zero-order valence-corrected chi connectivity index (χ0v) is 16.2. The molecule has 1 N–H and O–H groups in total. The van der Waals surface area contributed by atoms with Gasteiger partial charge in [-0.3, -0.25) is 9.59 Å². The zero-order valence-electron chi connectivity index (χ0n) is 15.5. The number of hydrogen-bond donors (Lipinski definition) is 1. The second-order valence-electron chi connectivity index (χ2n) is 5.68. The molecule has 148 valence electrons. The monoisotopic (exact) mass is 389 g/mol. The number of nitrogens with zero attached hydrogens (tertiary/aromatic N) is 2. The van der Waals surface area contributed by atoms with Crippen molar-refractivity contribution in [3.05, 3.63) is 17.8 Å². The fraction of sp³-hybridized carbons (Fsp3) is 0.706. The van der Waals surface area contributed by atoms with Crippen LogP contribution in [0, 0.1) is 0 Å². The van der Waals surface area contributed by atoms with Crippen molar-refractivity contribution < 1.29 is 23.5 Å². The van der Waals surface area contributed by atoms with Crippen LogP contribution in [-0.2, 0) is 20.8 Å². The number of alkyl halides is 1. The Balaban J connectivity index is 2.59. The largest absolute Gasteiger partial charge is 0.446 e. The average Bonchev–Trinajstić information content (AvgIpc) is 3.11. The quantitative estimate of drug-likeness (QED) is 0.385. The van der Waals surface area contributed by atoms with Crippen LogP contribution in [0.1, 0.15) is 42.1 Å². The minimum absolute atomic E-state index is 0.0227. The van der Waals surface area contributed by atoms with Crippen LogP contribution in [0.2, 0.25) is 0 Å². The number of nitrogens with one attached hydrogen (secondary N) is 1. The van der Waals surface area contributed by atoms with Crippen molar-refractivity contribution in [3.63, 3.8) is 0 Å². The van der Waals surface area contributed by atoms with Crippen LogP contribution in [0.5, 0.6) is 0 Å². The maximum atomic E-state index is 12.3. The molecule has 0 aliphatic rings. The van der Waals surface area contributed by atoms with Crippen LogP contribution >= 0.6 is 11.6 Å². The van der Waals surface area contributed by atoms with E-state index in [0.29, 0.717) is 57.3 Å². The Morgan fingerprint density at radius 1 is 1.23 bits per heavy atom. The number of methoxy groups -OCH3 is 2. The standard InChI is InChI=1S/C17H28ClN3O5/c1-24-10-4-8-19-17(23)14-13-26-15(20-14)12-21(9-5-11-25-2)16(22)6-3-7-18/h13H,3-12H2,1-2H3,(H,19,23). The van der Waals surface area contributed by atoms with Crippen LogP contribution < -0.4 is 5.32 Å². The van der Waals surface area contributed by atoms with Crippen molar-refractivity contribution in [3.8, 4) is 0 Å². The van der Waals surface area contributed by atoms with Gasteiger partial charge in [-0.25, -0.2) is 4.98 Å². The number of ether oxygens (including phenoxy) is 2. The third-order valence-corrected chi connectivity index (χ3v) is 3.84. The summed E-state index contributed by atoms with van der Waals surface area (Å²) in [5.74, 6) is 0.425. The summed E-state index contributed by atoms with van der Waals surface area (Å²) in [4.78, 5) is 30.1. The smallest absolute Gasteiger partial charge is 0.273 e. The van der Waals surface area contributed by atoms with Crippen molar-refractivity contribution in [1.82, 2.24) is 15.2 Å². The summed E-state index contributed by atoms with van der Waals surface area (Å²) >= 11 is 5.66. The van der Waals surface area contributed by atoms with Gasteiger partial charge in [0, 0.05) is 52.8 Å². The second-order valence-corrected chi connectivity index (χ2v) is 6.06. The Labute approximate surface area is 159 Å². The van der Waals surface area contributed by atoms with Gasteiger partial charge in [-0.2, -0.15) is 0 Å². The molecule has 0 spiro atoms. The summed E-state index contributed by atoms with van der Waals surface area (Å²) in [6.07, 6.45) is 3.70. The second kappa shape index (κ2) is 13.5. The summed E-state index contributed by atoms with van der Waals surface area (Å²) in [7, 11) is 3.23. The zero-order chi connectivity index (χ0) is 19.2. The lowest BCUT2D eigenvalue weighted by molar-refractivity contribution is -0.132. The summed E-state index contributed by atoms with van der Waals surface area (Å²) in [6.45, 7) is 2.36. The first-order valence-electron chi connectivity index (χ1n) is 8.66. The fourth-order valence-electron chi connectivity index (χ4n) is 2.23. The van der Waals surface area contributed by atoms with Gasteiger partial charge < -0.3 is 24.1 Å². The SMILES string of the molecule is COCCCNC(=O)c1coc(CN(CCCOC)C(=O)CCCCl)n1. The summed E-state index contributed by atoms with van der Waals surface area (Å²) in [5.41, 5.74) is 0.197. The lowest BCUT2D eigenvalue weighted by Crippen LogP contribution is -2.32. The van der Waals surface area contributed by atoms with E-state index in [1.807, 2.05) is 0 Å². The predicted molar refractivity (Wildman–Crippen MR) is 97.2 cm³/mol. The van der Waals surface area contributed by atoms with E-state index in [2.05, 4.69) is 10.3 Å². The molecule has 1 heterocycles.